The quantitative estimate of drug-likeness (QED) is 0.456. The number of carbonyl (C=O) groups is 3. The number of hydrazine groups is 1. The molecule has 7 nitrogen and oxygen atoms in total. The summed E-state index contributed by atoms with van der Waals surface area (Å²) in [6, 6.07) is 10.6. The monoisotopic (exact) mass is 509 g/mol. The van der Waals surface area contributed by atoms with Gasteiger partial charge in [0.2, 0.25) is 11.8 Å². The summed E-state index contributed by atoms with van der Waals surface area (Å²) in [7, 11) is 0. The molecule has 0 spiro atoms. The lowest BCUT2D eigenvalue weighted by molar-refractivity contribution is -0.130. The molecular formula is C22H25BrClN3O4. The first kappa shape index (κ1) is 24.7. The molecular weight excluding hydrogens is 486 g/mol. The molecule has 0 aliphatic heterocycles. The van der Waals surface area contributed by atoms with Gasteiger partial charge in [0.15, 0.2) is 6.61 Å². The minimum atomic E-state index is -0.510. The summed E-state index contributed by atoms with van der Waals surface area (Å²) >= 11 is 9.48. The van der Waals surface area contributed by atoms with Crippen molar-refractivity contribution >= 4 is 50.9 Å². The Morgan fingerprint density at radius 2 is 1.68 bits per heavy atom. The van der Waals surface area contributed by atoms with E-state index in [-0.39, 0.29) is 31.3 Å². The lowest BCUT2D eigenvalue weighted by Crippen LogP contribution is -2.44. The predicted molar refractivity (Wildman–Crippen MR) is 124 cm³/mol. The van der Waals surface area contributed by atoms with E-state index in [0.29, 0.717) is 16.5 Å². The molecule has 3 amide bonds. The maximum atomic E-state index is 12.0. The second-order valence-corrected chi connectivity index (χ2v) is 8.47. The number of hydrogen-bond acceptors (Lipinski definition) is 4. The molecule has 0 saturated carbocycles. The maximum Gasteiger partial charge on any atom is 0.276 e. The molecule has 0 heterocycles. The summed E-state index contributed by atoms with van der Waals surface area (Å²) in [6.07, 6.45) is -0.153. The van der Waals surface area contributed by atoms with Gasteiger partial charge in [0.05, 0.1) is 10.7 Å². The number of benzene rings is 2. The van der Waals surface area contributed by atoms with Gasteiger partial charge in [-0.05, 0) is 48.2 Å². The SMILES string of the molecule is Cc1cc(OCC(=O)NNC(=O)CCC(=O)Nc2ccccc2Cl)c(C(C)C)cc1Br. The highest BCUT2D eigenvalue weighted by Gasteiger charge is 2.13. The Labute approximate surface area is 195 Å². The Balaban J connectivity index is 1.75. The zero-order valence-electron chi connectivity index (χ0n) is 17.6. The molecule has 166 valence electrons. The minimum Gasteiger partial charge on any atom is -0.483 e. The van der Waals surface area contributed by atoms with Gasteiger partial charge in [-0.3, -0.25) is 25.2 Å². The number of aryl methyl sites for hydroxylation is 1. The predicted octanol–water partition coefficient (Wildman–Crippen LogP) is 4.48. The minimum absolute atomic E-state index is 0.0562. The van der Waals surface area contributed by atoms with E-state index in [9.17, 15) is 14.4 Å². The highest BCUT2D eigenvalue weighted by atomic mass is 79.9. The molecule has 0 bridgehead atoms. The van der Waals surface area contributed by atoms with Gasteiger partial charge in [-0.25, -0.2) is 0 Å². The van der Waals surface area contributed by atoms with E-state index in [2.05, 4.69) is 32.1 Å². The number of anilines is 1. The standard InChI is InChI=1S/C22H25BrClN3O4/c1-13(2)15-11-16(23)14(3)10-19(15)31-12-22(30)27-26-21(29)9-8-20(28)25-18-7-5-4-6-17(18)24/h4-7,10-11,13H,8-9,12H2,1-3H3,(H,25,28)(H,26,29)(H,27,30). The summed E-state index contributed by atoms with van der Waals surface area (Å²) < 4.78 is 6.61. The normalized spacial score (nSPS) is 10.5. The van der Waals surface area contributed by atoms with Crippen molar-refractivity contribution in [3.05, 3.63) is 57.0 Å². The van der Waals surface area contributed by atoms with Crippen LogP contribution in [0.1, 0.15) is 43.7 Å². The van der Waals surface area contributed by atoms with Crippen LogP contribution in [0.4, 0.5) is 5.69 Å². The van der Waals surface area contributed by atoms with Crippen LogP contribution in [0.2, 0.25) is 5.02 Å². The first-order chi connectivity index (χ1) is 14.7. The number of ether oxygens (including phenoxy) is 1. The molecule has 0 aliphatic rings. The van der Waals surface area contributed by atoms with Gasteiger partial charge >= 0.3 is 0 Å². The second kappa shape index (κ2) is 11.7. The van der Waals surface area contributed by atoms with E-state index in [4.69, 9.17) is 16.3 Å². The van der Waals surface area contributed by atoms with Crippen molar-refractivity contribution in [2.75, 3.05) is 11.9 Å². The van der Waals surface area contributed by atoms with E-state index >= 15 is 0 Å². The van der Waals surface area contributed by atoms with Crippen LogP contribution < -0.4 is 20.9 Å². The molecule has 2 aromatic carbocycles. The third-order valence-corrected chi connectivity index (χ3v) is 5.52. The Morgan fingerprint density at radius 1 is 1.03 bits per heavy atom. The number of hydrogen-bond donors (Lipinski definition) is 3. The number of rotatable bonds is 8. The fourth-order valence-corrected chi connectivity index (χ4v) is 3.17. The van der Waals surface area contributed by atoms with E-state index in [1.165, 1.54) is 0 Å². The Bertz CT molecular complexity index is 966. The van der Waals surface area contributed by atoms with E-state index in [0.717, 1.165) is 15.6 Å². The Hall–Kier alpha value is -2.58. The lowest BCUT2D eigenvalue weighted by atomic mass is 10.0. The molecule has 31 heavy (non-hydrogen) atoms. The summed E-state index contributed by atoms with van der Waals surface area (Å²) in [4.78, 5) is 35.9. The molecule has 2 aromatic rings. The fraction of sp³-hybridized carbons (Fsp3) is 0.318. The van der Waals surface area contributed by atoms with Crippen molar-refractivity contribution in [1.82, 2.24) is 10.9 Å². The summed E-state index contributed by atoms with van der Waals surface area (Å²) in [5.74, 6) is -0.529. The summed E-state index contributed by atoms with van der Waals surface area (Å²) in [5.41, 5.74) is 7.00. The van der Waals surface area contributed by atoms with Crippen molar-refractivity contribution in [3.63, 3.8) is 0 Å². The lowest BCUT2D eigenvalue weighted by Gasteiger charge is -2.16. The first-order valence-electron chi connectivity index (χ1n) is 9.72. The third kappa shape index (κ3) is 7.88. The molecule has 0 radical (unpaired) electrons. The number of para-hydroxylation sites is 1. The molecule has 0 fully saturated rings. The molecule has 0 aliphatic carbocycles. The van der Waals surface area contributed by atoms with Crippen molar-refractivity contribution in [2.45, 2.75) is 39.5 Å². The van der Waals surface area contributed by atoms with Gasteiger partial charge in [0.25, 0.3) is 5.91 Å². The maximum absolute atomic E-state index is 12.0. The van der Waals surface area contributed by atoms with Crippen LogP contribution >= 0.6 is 27.5 Å². The molecule has 3 N–H and O–H groups in total. The van der Waals surface area contributed by atoms with Crippen LogP contribution in [-0.2, 0) is 14.4 Å². The van der Waals surface area contributed by atoms with Gasteiger partial charge in [0.1, 0.15) is 5.75 Å². The van der Waals surface area contributed by atoms with Crippen LogP contribution in [0.15, 0.2) is 40.9 Å². The van der Waals surface area contributed by atoms with Crippen molar-refractivity contribution < 1.29 is 19.1 Å². The van der Waals surface area contributed by atoms with Gasteiger partial charge < -0.3 is 10.1 Å². The first-order valence-corrected chi connectivity index (χ1v) is 10.9. The smallest absolute Gasteiger partial charge is 0.276 e. The van der Waals surface area contributed by atoms with Crippen LogP contribution in [-0.4, -0.2) is 24.3 Å². The van der Waals surface area contributed by atoms with Crippen molar-refractivity contribution in [2.24, 2.45) is 0 Å². The largest absolute Gasteiger partial charge is 0.483 e. The average molecular weight is 511 g/mol. The molecule has 0 aromatic heterocycles. The van der Waals surface area contributed by atoms with Gasteiger partial charge in [0, 0.05) is 17.3 Å². The fourth-order valence-electron chi connectivity index (χ4n) is 2.63. The zero-order chi connectivity index (χ0) is 23.0. The zero-order valence-corrected chi connectivity index (χ0v) is 19.9. The van der Waals surface area contributed by atoms with Gasteiger partial charge in [-0.2, -0.15) is 0 Å². The molecule has 2 rings (SSSR count). The van der Waals surface area contributed by atoms with Crippen LogP contribution in [0.3, 0.4) is 0 Å². The molecule has 0 unspecified atom stereocenters. The van der Waals surface area contributed by atoms with Crippen LogP contribution in [0, 0.1) is 6.92 Å². The Morgan fingerprint density at radius 3 is 2.35 bits per heavy atom. The van der Waals surface area contributed by atoms with E-state index in [1.807, 2.05) is 32.9 Å². The average Bonchev–Trinajstić information content (AvgIpc) is 2.72. The molecule has 0 atom stereocenters. The van der Waals surface area contributed by atoms with Gasteiger partial charge in [-0.15, -0.1) is 0 Å². The number of amides is 3. The number of halogens is 2. The molecule has 0 saturated heterocycles. The number of carbonyl (C=O) groups excluding carboxylic acids is 3. The highest BCUT2D eigenvalue weighted by Crippen LogP contribution is 2.32. The number of nitrogens with one attached hydrogen (secondary N) is 3. The van der Waals surface area contributed by atoms with Crippen molar-refractivity contribution in [1.29, 1.82) is 0 Å². The summed E-state index contributed by atoms with van der Waals surface area (Å²) in [6.45, 7) is 5.75. The topological polar surface area (TPSA) is 96.5 Å². The molecule has 9 heteroatoms. The van der Waals surface area contributed by atoms with E-state index in [1.54, 1.807) is 24.3 Å². The summed E-state index contributed by atoms with van der Waals surface area (Å²) in [5, 5.41) is 3.04. The Kier molecular flexibility index (Phi) is 9.33. The van der Waals surface area contributed by atoms with Crippen LogP contribution in [0.5, 0.6) is 5.75 Å². The van der Waals surface area contributed by atoms with E-state index < -0.39 is 11.8 Å². The highest BCUT2D eigenvalue weighted by molar-refractivity contribution is 9.10. The third-order valence-electron chi connectivity index (χ3n) is 4.34. The van der Waals surface area contributed by atoms with Crippen LogP contribution in [0.25, 0.3) is 0 Å². The van der Waals surface area contributed by atoms with Gasteiger partial charge in [-0.1, -0.05) is 53.5 Å². The second-order valence-electron chi connectivity index (χ2n) is 7.21. The van der Waals surface area contributed by atoms with Crippen molar-refractivity contribution in [3.8, 4) is 5.75 Å².